The first kappa shape index (κ1) is 30.5. The Kier molecular flexibility index (Phi) is 8.77. The SMILES string of the molecule is CCC1=C(CC)c2nc1c(CC)c1ccc([nH]1)c(CC)c1nc(c(CC)c3c(CC)c(CC)c(c2C(=O)O)n3CC)C=C1. The van der Waals surface area contributed by atoms with Gasteiger partial charge in [0.05, 0.1) is 33.8 Å². The van der Waals surface area contributed by atoms with Gasteiger partial charge in [-0.1, -0.05) is 48.5 Å². The van der Waals surface area contributed by atoms with Crippen LogP contribution in [0.4, 0.5) is 0 Å². The Labute approximate surface area is 255 Å². The number of rotatable bonds is 9. The number of hydrogen-bond donors (Lipinski definition) is 2. The van der Waals surface area contributed by atoms with Crippen LogP contribution in [-0.2, 0) is 38.6 Å². The van der Waals surface area contributed by atoms with Gasteiger partial charge in [-0.05, 0) is 98.4 Å². The molecule has 5 heterocycles. The van der Waals surface area contributed by atoms with E-state index in [0.29, 0.717) is 17.8 Å². The van der Waals surface area contributed by atoms with Gasteiger partial charge in [-0.3, -0.25) is 0 Å². The van der Waals surface area contributed by atoms with E-state index in [9.17, 15) is 9.90 Å². The van der Waals surface area contributed by atoms with Crippen LogP contribution in [-0.4, -0.2) is 30.6 Å². The van der Waals surface area contributed by atoms with Gasteiger partial charge in [0.15, 0.2) is 0 Å². The highest BCUT2D eigenvalue weighted by Crippen LogP contribution is 2.41. The van der Waals surface area contributed by atoms with Crippen molar-refractivity contribution in [3.63, 3.8) is 0 Å². The lowest BCUT2D eigenvalue weighted by atomic mass is 9.94. The minimum Gasteiger partial charge on any atom is -0.478 e. The van der Waals surface area contributed by atoms with Crippen LogP contribution in [0.15, 0.2) is 12.1 Å². The number of aromatic amines is 1. The number of aromatic nitrogens is 4. The van der Waals surface area contributed by atoms with Crippen LogP contribution in [0.2, 0.25) is 0 Å². The third kappa shape index (κ3) is 4.75. The van der Waals surface area contributed by atoms with E-state index in [4.69, 9.17) is 9.97 Å². The number of nitrogens with zero attached hydrogens (tertiary/aromatic N) is 3. The van der Waals surface area contributed by atoms with E-state index in [-0.39, 0.29) is 0 Å². The first-order chi connectivity index (χ1) is 20.8. The molecule has 0 fully saturated rings. The first-order valence-corrected chi connectivity index (χ1v) is 16.3. The van der Waals surface area contributed by atoms with Crippen LogP contribution in [0.25, 0.3) is 45.4 Å². The predicted molar refractivity (Wildman–Crippen MR) is 180 cm³/mol. The Balaban J connectivity index is 2.22. The summed E-state index contributed by atoms with van der Waals surface area (Å²) in [4.78, 5) is 27.7. The van der Waals surface area contributed by atoms with Crippen molar-refractivity contribution in [1.82, 2.24) is 19.5 Å². The third-order valence-corrected chi connectivity index (χ3v) is 9.28. The van der Waals surface area contributed by atoms with Crippen LogP contribution in [0.1, 0.15) is 129 Å². The lowest BCUT2D eigenvalue weighted by molar-refractivity contribution is 0.0698. The molecule has 3 aromatic heterocycles. The first-order valence-electron chi connectivity index (χ1n) is 16.3. The quantitative estimate of drug-likeness (QED) is 0.207. The number of carboxylic acids is 1. The van der Waals surface area contributed by atoms with Gasteiger partial charge >= 0.3 is 5.97 Å². The maximum Gasteiger partial charge on any atom is 0.340 e. The molecule has 43 heavy (non-hydrogen) atoms. The summed E-state index contributed by atoms with van der Waals surface area (Å²) < 4.78 is 2.25. The summed E-state index contributed by atoms with van der Waals surface area (Å²) in [5, 5.41) is 11.0. The molecule has 0 amide bonds. The van der Waals surface area contributed by atoms with Crippen LogP contribution in [0.5, 0.6) is 0 Å². The summed E-state index contributed by atoms with van der Waals surface area (Å²) in [6.45, 7) is 17.9. The predicted octanol–water partition coefficient (Wildman–Crippen LogP) is 9.22. The van der Waals surface area contributed by atoms with E-state index >= 15 is 0 Å². The van der Waals surface area contributed by atoms with Crippen molar-refractivity contribution >= 4 is 51.3 Å². The second-order valence-corrected chi connectivity index (χ2v) is 11.3. The number of allylic oxidation sites excluding steroid dienone is 2. The maximum atomic E-state index is 13.5. The van der Waals surface area contributed by atoms with Gasteiger partial charge in [0, 0.05) is 34.3 Å². The average molecular weight is 579 g/mol. The van der Waals surface area contributed by atoms with Crippen molar-refractivity contribution in [1.29, 1.82) is 0 Å². The fraction of sp³-hybridized carbons (Fsp3) is 0.432. The van der Waals surface area contributed by atoms with E-state index in [2.05, 4.69) is 89.2 Å². The molecule has 2 aliphatic rings. The maximum absolute atomic E-state index is 13.5. The third-order valence-electron chi connectivity index (χ3n) is 9.28. The van der Waals surface area contributed by atoms with Gasteiger partial charge in [-0.2, -0.15) is 0 Å². The molecule has 0 unspecified atom stereocenters. The Morgan fingerprint density at radius 1 is 0.651 bits per heavy atom. The molecule has 0 aromatic carbocycles. The minimum absolute atomic E-state index is 0.320. The van der Waals surface area contributed by atoms with Crippen LogP contribution in [0.3, 0.4) is 0 Å². The molecule has 0 saturated carbocycles. The summed E-state index contributed by atoms with van der Waals surface area (Å²) in [5.74, 6) is -0.923. The topological polar surface area (TPSA) is 83.8 Å². The molecule has 6 nitrogen and oxygen atoms in total. The molecule has 6 heteroatoms. The number of hydrogen-bond acceptors (Lipinski definition) is 3. The van der Waals surface area contributed by atoms with Gasteiger partial charge in [0.1, 0.15) is 5.56 Å². The van der Waals surface area contributed by atoms with E-state index in [1.165, 1.54) is 11.1 Å². The number of aryl methyl sites for hydroxylation is 6. The number of carboxylic acid groups (broad SMARTS) is 1. The molecule has 3 aromatic rings. The van der Waals surface area contributed by atoms with Gasteiger partial charge in [0.2, 0.25) is 0 Å². The number of nitrogens with one attached hydrogen (secondary N) is 1. The number of H-pyrrole nitrogens is 1. The van der Waals surface area contributed by atoms with Crippen LogP contribution < -0.4 is 0 Å². The lowest BCUT2D eigenvalue weighted by Crippen LogP contribution is -2.08. The van der Waals surface area contributed by atoms with Crippen molar-refractivity contribution in [2.75, 3.05) is 0 Å². The second kappa shape index (κ2) is 12.4. The Morgan fingerprint density at radius 2 is 1.16 bits per heavy atom. The van der Waals surface area contributed by atoms with Crippen molar-refractivity contribution in [2.24, 2.45) is 0 Å². The van der Waals surface area contributed by atoms with Crippen LogP contribution >= 0.6 is 0 Å². The fourth-order valence-corrected chi connectivity index (χ4v) is 7.41. The van der Waals surface area contributed by atoms with E-state index in [1.54, 1.807) is 0 Å². The van der Waals surface area contributed by atoms with Gasteiger partial charge in [-0.15, -0.1) is 0 Å². The zero-order chi connectivity index (χ0) is 31.0. The van der Waals surface area contributed by atoms with Crippen molar-refractivity contribution in [2.45, 2.75) is 107 Å². The average Bonchev–Trinajstić information content (AvgIpc) is 3.80. The van der Waals surface area contributed by atoms with E-state index in [1.807, 2.05) is 0 Å². The largest absolute Gasteiger partial charge is 0.478 e. The van der Waals surface area contributed by atoms with Crippen molar-refractivity contribution < 1.29 is 9.90 Å². The number of fused-ring (bicyclic) bond motifs is 8. The molecule has 0 saturated heterocycles. The van der Waals surface area contributed by atoms with Crippen molar-refractivity contribution in [3.8, 4) is 0 Å². The van der Waals surface area contributed by atoms with Crippen LogP contribution in [0, 0.1) is 0 Å². The Bertz CT molecular complexity index is 1830. The van der Waals surface area contributed by atoms with Crippen molar-refractivity contribution in [3.05, 3.63) is 68.3 Å². The molecule has 5 rings (SSSR count). The molecule has 2 aliphatic heterocycles. The van der Waals surface area contributed by atoms with Gasteiger partial charge in [-0.25, -0.2) is 14.8 Å². The molecule has 2 N–H and O–H groups in total. The molecular weight excluding hydrogens is 532 g/mol. The van der Waals surface area contributed by atoms with E-state index in [0.717, 1.165) is 112 Å². The molecule has 0 spiro atoms. The molecule has 0 aliphatic carbocycles. The molecule has 8 bridgehead atoms. The lowest BCUT2D eigenvalue weighted by Gasteiger charge is -2.11. The standard InChI is InChI=1S/C37H46N4O2/c1-9-21-22(10-2)34-32(37(42)43)36-24(12-4)23(11-3)35(41(36)16-8)27(15-7)31-20-18-29(39-31)25(13-5)28-17-19-30(38-28)26(14-6)33(21)40-34/h17-20,38H,9-16H2,1-8H3,(H,42,43). The van der Waals surface area contributed by atoms with Gasteiger partial charge in [0.25, 0.3) is 0 Å². The minimum atomic E-state index is -0.923. The van der Waals surface area contributed by atoms with E-state index < -0.39 is 5.97 Å². The highest BCUT2D eigenvalue weighted by atomic mass is 16.4. The molecule has 226 valence electrons. The Hall–Kier alpha value is -3.93. The highest BCUT2D eigenvalue weighted by Gasteiger charge is 2.29. The zero-order valence-electron chi connectivity index (χ0n) is 27.2. The zero-order valence-corrected chi connectivity index (χ0v) is 27.2. The monoisotopic (exact) mass is 578 g/mol. The molecular formula is C37H46N4O2. The molecule has 0 atom stereocenters. The highest BCUT2D eigenvalue weighted by molar-refractivity contribution is 6.07. The summed E-state index contributed by atoms with van der Waals surface area (Å²) >= 11 is 0. The number of carbonyl (C=O) groups is 1. The fourth-order valence-electron chi connectivity index (χ4n) is 7.41. The van der Waals surface area contributed by atoms with Gasteiger partial charge < -0.3 is 14.7 Å². The summed E-state index contributed by atoms with van der Waals surface area (Å²) in [5.41, 5.74) is 15.8. The Morgan fingerprint density at radius 3 is 1.67 bits per heavy atom. The second-order valence-electron chi connectivity index (χ2n) is 11.3. The summed E-state index contributed by atoms with van der Waals surface area (Å²) in [6, 6.07) is 4.30. The number of aromatic carboxylic acids is 1. The normalized spacial score (nSPS) is 12.9. The summed E-state index contributed by atoms with van der Waals surface area (Å²) in [6.07, 6.45) is 9.77. The molecule has 0 radical (unpaired) electrons. The summed E-state index contributed by atoms with van der Waals surface area (Å²) in [7, 11) is 0. The smallest absolute Gasteiger partial charge is 0.340 e.